The number of carbonyl (C=O) groups excluding carboxylic acids is 1. The highest BCUT2D eigenvalue weighted by Crippen LogP contribution is 2.26. The number of amides is 1. The number of hydrogen-bond donors (Lipinski definition) is 1. The molecule has 0 aliphatic rings. The molecule has 36 heavy (non-hydrogen) atoms. The van der Waals surface area contributed by atoms with Crippen LogP contribution in [0.25, 0.3) is 0 Å². The topological polar surface area (TPSA) is 110 Å². The summed E-state index contributed by atoms with van der Waals surface area (Å²) in [6, 6.07) is 18.7. The third-order valence-corrected chi connectivity index (χ3v) is 8.63. The van der Waals surface area contributed by atoms with Crippen LogP contribution >= 0.6 is 0 Å². The molecule has 0 heterocycles. The maximum atomic E-state index is 13.5. The number of benzene rings is 3. The molecule has 0 aliphatic heterocycles. The van der Waals surface area contributed by atoms with Crippen molar-refractivity contribution in [2.45, 2.75) is 36.1 Å². The van der Waals surface area contributed by atoms with E-state index in [-0.39, 0.29) is 9.79 Å². The lowest BCUT2D eigenvalue weighted by atomic mass is 10.0. The van der Waals surface area contributed by atoms with E-state index >= 15 is 0 Å². The van der Waals surface area contributed by atoms with Crippen molar-refractivity contribution in [1.82, 2.24) is 5.32 Å². The van der Waals surface area contributed by atoms with Crippen molar-refractivity contribution in [2.75, 3.05) is 24.2 Å². The average molecular weight is 531 g/mol. The highest BCUT2D eigenvalue weighted by Gasteiger charge is 2.28. The van der Waals surface area contributed by atoms with Gasteiger partial charge in [-0.2, -0.15) is 0 Å². The molecule has 1 amide bonds. The van der Waals surface area contributed by atoms with Crippen LogP contribution in [-0.4, -0.2) is 42.7 Å². The van der Waals surface area contributed by atoms with E-state index in [0.29, 0.717) is 17.9 Å². The molecule has 1 unspecified atom stereocenters. The van der Waals surface area contributed by atoms with Crippen molar-refractivity contribution in [3.05, 3.63) is 83.9 Å². The molecule has 1 atom stereocenters. The van der Waals surface area contributed by atoms with Crippen LogP contribution in [0.2, 0.25) is 0 Å². The van der Waals surface area contributed by atoms with E-state index in [1.54, 1.807) is 48.5 Å². The predicted octanol–water partition coefficient (Wildman–Crippen LogP) is 3.87. The molecular formula is C26H30N2O6S2. The zero-order valence-corrected chi connectivity index (χ0v) is 22.3. The number of sulfonamides is 1. The molecule has 10 heteroatoms. The largest absolute Gasteiger partial charge is 0.497 e. The third kappa shape index (κ3) is 6.44. The number of aryl methyl sites for hydroxylation is 1. The normalized spacial score (nSPS) is 12.6. The molecule has 1 N–H and O–H groups in total. The fourth-order valence-electron chi connectivity index (χ4n) is 3.64. The Morgan fingerprint density at radius 2 is 1.44 bits per heavy atom. The second-order valence-corrected chi connectivity index (χ2v) is 12.3. The first-order valence-electron chi connectivity index (χ1n) is 11.3. The van der Waals surface area contributed by atoms with Gasteiger partial charge in [0.25, 0.3) is 10.0 Å². The van der Waals surface area contributed by atoms with Crippen LogP contribution in [-0.2, 0) is 24.7 Å². The Bertz CT molecular complexity index is 1400. The number of carbonyl (C=O) groups is 1. The Morgan fingerprint density at radius 1 is 0.889 bits per heavy atom. The molecule has 192 valence electrons. The van der Waals surface area contributed by atoms with E-state index in [1.807, 2.05) is 13.8 Å². The first-order valence-corrected chi connectivity index (χ1v) is 14.6. The van der Waals surface area contributed by atoms with Gasteiger partial charge in [0, 0.05) is 6.26 Å². The Hall–Kier alpha value is -3.37. The summed E-state index contributed by atoms with van der Waals surface area (Å²) in [6.07, 6.45) is 1.65. The number of ether oxygens (including phenoxy) is 1. The van der Waals surface area contributed by atoms with Crippen LogP contribution in [0, 0.1) is 6.92 Å². The molecule has 0 saturated heterocycles. The van der Waals surface area contributed by atoms with Gasteiger partial charge >= 0.3 is 0 Å². The summed E-state index contributed by atoms with van der Waals surface area (Å²) in [5.74, 6) is 0.0556. The van der Waals surface area contributed by atoms with Gasteiger partial charge in [-0.3, -0.25) is 9.10 Å². The Labute approximate surface area is 212 Å². The number of anilines is 1. The summed E-state index contributed by atoms with van der Waals surface area (Å²) in [6.45, 7) is 3.29. The first kappa shape index (κ1) is 27.2. The maximum absolute atomic E-state index is 13.5. The smallest absolute Gasteiger partial charge is 0.264 e. The van der Waals surface area contributed by atoms with E-state index < -0.39 is 38.4 Å². The highest BCUT2D eigenvalue weighted by atomic mass is 32.2. The van der Waals surface area contributed by atoms with Crippen molar-refractivity contribution >= 4 is 31.5 Å². The lowest BCUT2D eigenvalue weighted by Crippen LogP contribution is -2.42. The molecule has 3 rings (SSSR count). The first-order chi connectivity index (χ1) is 17.0. The SMILES string of the molecule is CCC(NC(=O)CN(c1ccc(OC)cc1)S(=O)(=O)c1ccc(C)cc1)c1ccc(S(C)(=O)=O)cc1. The number of hydrogen-bond acceptors (Lipinski definition) is 6. The summed E-state index contributed by atoms with van der Waals surface area (Å²) >= 11 is 0. The van der Waals surface area contributed by atoms with Gasteiger partial charge in [-0.1, -0.05) is 36.8 Å². The fourth-order valence-corrected chi connectivity index (χ4v) is 5.69. The van der Waals surface area contributed by atoms with Gasteiger partial charge in [-0.15, -0.1) is 0 Å². The Kier molecular flexibility index (Phi) is 8.42. The molecular weight excluding hydrogens is 500 g/mol. The summed E-state index contributed by atoms with van der Waals surface area (Å²) in [5.41, 5.74) is 1.95. The maximum Gasteiger partial charge on any atom is 0.264 e. The minimum Gasteiger partial charge on any atom is -0.497 e. The van der Waals surface area contributed by atoms with E-state index in [0.717, 1.165) is 21.7 Å². The van der Waals surface area contributed by atoms with E-state index in [9.17, 15) is 21.6 Å². The number of nitrogens with one attached hydrogen (secondary N) is 1. The monoisotopic (exact) mass is 530 g/mol. The summed E-state index contributed by atoms with van der Waals surface area (Å²) in [4.78, 5) is 13.4. The number of nitrogens with zero attached hydrogens (tertiary/aromatic N) is 1. The van der Waals surface area contributed by atoms with Gasteiger partial charge < -0.3 is 10.1 Å². The number of rotatable bonds is 10. The molecule has 0 aromatic heterocycles. The van der Waals surface area contributed by atoms with Gasteiger partial charge in [-0.25, -0.2) is 16.8 Å². The quantitative estimate of drug-likeness (QED) is 0.426. The minimum atomic E-state index is -4.05. The summed E-state index contributed by atoms with van der Waals surface area (Å²) in [5, 5.41) is 2.88. The number of sulfone groups is 1. The van der Waals surface area contributed by atoms with Crippen LogP contribution in [0.3, 0.4) is 0 Å². The van der Waals surface area contributed by atoms with Crippen LogP contribution in [0.5, 0.6) is 5.75 Å². The summed E-state index contributed by atoms with van der Waals surface area (Å²) < 4.78 is 56.8. The fraction of sp³-hybridized carbons (Fsp3) is 0.269. The van der Waals surface area contributed by atoms with Gasteiger partial charge in [0.15, 0.2) is 9.84 Å². The predicted molar refractivity (Wildman–Crippen MR) is 139 cm³/mol. The van der Waals surface area contributed by atoms with Gasteiger partial charge in [0.05, 0.1) is 28.6 Å². The molecule has 8 nitrogen and oxygen atoms in total. The number of methoxy groups -OCH3 is 1. The molecule has 0 aliphatic carbocycles. The minimum absolute atomic E-state index is 0.0696. The van der Waals surface area contributed by atoms with Crippen molar-refractivity contribution in [1.29, 1.82) is 0 Å². The second kappa shape index (κ2) is 11.1. The molecule has 3 aromatic rings. The second-order valence-electron chi connectivity index (χ2n) is 8.39. The molecule has 0 saturated carbocycles. The van der Waals surface area contributed by atoms with Crippen molar-refractivity contribution in [3.63, 3.8) is 0 Å². The molecule has 0 bridgehead atoms. The zero-order valence-electron chi connectivity index (χ0n) is 20.6. The van der Waals surface area contributed by atoms with E-state index in [1.165, 1.54) is 31.4 Å². The molecule has 0 spiro atoms. The van der Waals surface area contributed by atoms with Crippen molar-refractivity contribution in [3.8, 4) is 5.75 Å². The standard InChI is InChI=1S/C26H30N2O6S2/c1-5-25(20-8-16-23(17-9-20)35(4,30)31)27-26(29)18-28(21-10-12-22(34-3)13-11-21)36(32,33)24-14-6-19(2)7-15-24/h6-17,25H,5,18H2,1-4H3,(H,27,29). The Morgan fingerprint density at radius 3 is 1.94 bits per heavy atom. The van der Waals surface area contributed by atoms with Gasteiger partial charge in [0.2, 0.25) is 5.91 Å². The van der Waals surface area contributed by atoms with Gasteiger partial charge in [-0.05, 0) is 67.4 Å². The molecule has 3 aromatic carbocycles. The Balaban J connectivity index is 1.89. The average Bonchev–Trinajstić information content (AvgIpc) is 2.85. The van der Waals surface area contributed by atoms with Crippen LogP contribution < -0.4 is 14.4 Å². The van der Waals surface area contributed by atoms with Gasteiger partial charge in [0.1, 0.15) is 12.3 Å². The van der Waals surface area contributed by atoms with E-state index in [2.05, 4.69) is 5.32 Å². The zero-order chi connectivity index (χ0) is 26.5. The third-order valence-electron chi connectivity index (χ3n) is 5.71. The highest BCUT2D eigenvalue weighted by molar-refractivity contribution is 7.93. The lowest BCUT2D eigenvalue weighted by Gasteiger charge is -2.26. The van der Waals surface area contributed by atoms with Crippen molar-refractivity contribution in [2.24, 2.45) is 0 Å². The molecule has 0 fully saturated rings. The van der Waals surface area contributed by atoms with E-state index in [4.69, 9.17) is 4.74 Å². The van der Waals surface area contributed by atoms with Crippen LogP contribution in [0.4, 0.5) is 5.69 Å². The summed E-state index contributed by atoms with van der Waals surface area (Å²) in [7, 11) is -5.88. The lowest BCUT2D eigenvalue weighted by molar-refractivity contribution is -0.120. The van der Waals surface area contributed by atoms with Crippen LogP contribution in [0.1, 0.15) is 30.5 Å². The van der Waals surface area contributed by atoms with Crippen molar-refractivity contribution < 1.29 is 26.4 Å². The van der Waals surface area contributed by atoms with Crippen LogP contribution in [0.15, 0.2) is 82.6 Å². The molecule has 0 radical (unpaired) electrons.